The molecule has 1 aliphatic heterocycles. The van der Waals surface area contributed by atoms with Crippen molar-refractivity contribution in [1.29, 1.82) is 0 Å². The zero-order valence-electron chi connectivity index (χ0n) is 7.46. The average Bonchev–Trinajstić information content (AvgIpc) is 2.43. The maximum atomic E-state index is 5.84. The highest BCUT2D eigenvalue weighted by atomic mass is 35.5. The fraction of sp³-hybridized carbons (Fsp3) is 0.300. The number of fused-ring (bicyclic) bond motifs is 1. The summed E-state index contributed by atoms with van der Waals surface area (Å²) in [7, 11) is 0. The molecule has 2 aromatic heterocycles. The third-order valence-electron chi connectivity index (χ3n) is 2.54. The first-order valence-corrected chi connectivity index (χ1v) is 5.79. The third kappa shape index (κ3) is 1.32. The summed E-state index contributed by atoms with van der Waals surface area (Å²) in [6, 6.07) is 6.06. The molecule has 1 aliphatic rings. The van der Waals surface area contributed by atoms with Gasteiger partial charge in [-0.15, -0.1) is 11.3 Å². The lowest BCUT2D eigenvalue weighted by Crippen LogP contribution is -2.39. The van der Waals surface area contributed by atoms with Gasteiger partial charge in [0.25, 0.3) is 0 Å². The van der Waals surface area contributed by atoms with E-state index in [0.29, 0.717) is 11.1 Å². The first-order valence-electron chi connectivity index (χ1n) is 4.59. The summed E-state index contributed by atoms with van der Waals surface area (Å²) >= 11 is 7.67. The SMILES string of the molecule is Clc1ccc2sc(C3CNC3)cc2n1. The van der Waals surface area contributed by atoms with Gasteiger partial charge in [-0.05, 0) is 18.2 Å². The molecule has 0 aliphatic carbocycles. The lowest BCUT2D eigenvalue weighted by Gasteiger charge is -2.25. The topological polar surface area (TPSA) is 24.9 Å². The number of hydrogen-bond acceptors (Lipinski definition) is 3. The van der Waals surface area contributed by atoms with Crippen LogP contribution in [0.1, 0.15) is 10.8 Å². The van der Waals surface area contributed by atoms with Crippen molar-refractivity contribution in [1.82, 2.24) is 10.3 Å². The van der Waals surface area contributed by atoms with Crippen LogP contribution in [0.15, 0.2) is 18.2 Å². The Kier molecular flexibility index (Phi) is 1.97. The Morgan fingerprint density at radius 2 is 2.29 bits per heavy atom. The van der Waals surface area contributed by atoms with Crippen LogP contribution in [-0.4, -0.2) is 18.1 Å². The summed E-state index contributed by atoms with van der Waals surface area (Å²) in [4.78, 5) is 5.72. The summed E-state index contributed by atoms with van der Waals surface area (Å²) in [5, 5.41) is 3.85. The van der Waals surface area contributed by atoms with E-state index in [1.54, 1.807) is 0 Å². The molecule has 0 bridgehead atoms. The molecule has 3 rings (SSSR count). The molecule has 0 aromatic carbocycles. The van der Waals surface area contributed by atoms with E-state index in [4.69, 9.17) is 11.6 Å². The molecule has 14 heavy (non-hydrogen) atoms. The zero-order valence-corrected chi connectivity index (χ0v) is 9.03. The number of rotatable bonds is 1. The maximum Gasteiger partial charge on any atom is 0.129 e. The zero-order chi connectivity index (χ0) is 9.54. The molecule has 0 amide bonds. The van der Waals surface area contributed by atoms with Gasteiger partial charge in [-0.3, -0.25) is 0 Å². The Morgan fingerprint density at radius 1 is 1.43 bits per heavy atom. The molecule has 0 saturated carbocycles. The number of aromatic nitrogens is 1. The smallest absolute Gasteiger partial charge is 0.129 e. The normalized spacial score (nSPS) is 17.2. The summed E-state index contributed by atoms with van der Waals surface area (Å²) in [6.45, 7) is 2.20. The number of hydrogen-bond donors (Lipinski definition) is 1. The second kappa shape index (κ2) is 3.19. The van der Waals surface area contributed by atoms with E-state index in [9.17, 15) is 0 Å². The van der Waals surface area contributed by atoms with Gasteiger partial charge >= 0.3 is 0 Å². The van der Waals surface area contributed by atoms with Gasteiger partial charge in [-0.1, -0.05) is 11.6 Å². The fourth-order valence-corrected chi connectivity index (χ4v) is 2.87. The molecule has 2 aromatic rings. The Bertz CT molecular complexity index is 476. The van der Waals surface area contributed by atoms with Gasteiger partial charge in [0.15, 0.2) is 0 Å². The van der Waals surface area contributed by atoms with Crippen molar-refractivity contribution >= 4 is 33.2 Å². The highest BCUT2D eigenvalue weighted by Crippen LogP contribution is 2.32. The van der Waals surface area contributed by atoms with Crippen LogP contribution in [-0.2, 0) is 0 Å². The quantitative estimate of drug-likeness (QED) is 0.754. The molecule has 0 atom stereocenters. The van der Waals surface area contributed by atoms with Crippen molar-refractivity contribution in [3.63, 3.8) is 0 Å². The number of nitrogens with zero attached hydrogens (tertiary/aromatic N) is 1. The van der Waals surface area contributed by atoms with Crippen LogP contribution in [0.3, 0.4) is 0 Å². The van der Waals surface area contributed by atoms with Gasteiger partial charge in [0.05, 0.1) is 10.2 Å². The minimum Gasteiger partial charge on any atom is -0.315 e. The standard InChI is InChI=1S/C10H9ClN2S/c11-10-2-1-8-7(13-10)3-9(14-8)6-4-12-5-6/h1-3,6,12H,4-5H2. The van der Waals surface area contributed by atoms with Crippen LogP contribution in [0, 0.1) is 0 Å². The van der Waals surface area contributed by atoms with Gasteiger partial charge < -0.3 is 5.32 Å². The number of pyridine rings is 1. The third-order valence-corrected chi connectivity index (χ3v) is 4.01. The van der Waals surface area contributed by atoms with Crippen LogP contribution in [0.4, 0.5) is 0 Å². The Labute approximate surface area is 90.9 Å². The Morgan fingerprint density at radius 3 is 3.00 bits per heavy atom. The van der Waals surface area contributed by atoms with Gasteiger partial charge in [0, 0.05) is 23.9 Å². The van der Waals surface area contributed by atoms with Crippen LogP contribution in [0.25, 0.3) is 10.2 Å². The van der Waals surface area contributed by atoms with Crippen LogP contribution >= 0.6 is 22.9 Å². The minimum atomic E-state index is 0.577. The van der Waals surface area contributed by atoms with Crippen molar-refractivity contribution in [2.24, 2.45) is 0 Å². The van der Waals surface area contributed by atoms with Crippen molar-refractivity contribution < 1.29 is 0 Å². The predicted molar refractivity (Wildman–Crippen MR) is 60.2 cm³/mol. The van der Waals surface area contributed by atoms with Crippen LogP contribution < -0.4 is 5.32 Å². The summed E-state index contributed by atoms with van der Waals surface area (Å²) in [5.74, 6) is 0.688. The first-order chi connectivity index (χ1) is 6.83. The minimum absolute atomic E-state index is 0.577. The average molecular weight is 225 g/mol. The lowest BCUT2D eigenvalue weighted by atomic mass is 10.0. The van der Waals surface area contributed by atoms with Crippen molar-refractivity contribution in [2.45, 2.75) is 5.92 Å². The molecule has 3 heterocycles. The molecule has 0 spiro atoms. The van der Waals surface area contributed by atoms with E-state index in [2.05, 4.69) is 16.4 Å². The van der Waals surface area contributed by atoms with E-state index in [1.165, 1.54) is 9.58 Å². The number of halogens is 1. The van der Waals surface area contributed by atoms with Crippen molar-refractivity contribution in [3.8, 4) is 0 Å². The van der Waals surface area contributed by atoms with Gasteiger partial charge in [-0.25, -0.2) is 4.98 Å². The van der Waals surface area contributed by atoms with Crippen molar-refractivity contribution in [2.75, 3.05) is 13.1 Å². The Balaban J connectivity index is 2.10. The maximum absolute atomic E-state index is 5.84. The predicted octanol–water partition coefficient (Wildman–Crippen LogP) is 2.64. The monoisotopic (exact) mass is 224 g/mol. The molecule has 2 nitrogen and oxygen atoms in total. The largest absolute Gasteiger partial charge is 0.315 e. The Hall–Kier alpha value is -0.640. The highest BCUT2D eigenvalue weighted by molar-refractivity contribution is 7.19. The molecule has 1 saturated heterocycles. The first kappa shape index (κ1) is 8.65. The summed E-state index contributed by atoms with van der Waals surface area (Å²) in [6.07, 6.45) is 0. The molecule has 1 fully saturated rings. The number of nitrogens with one attached hydrogen (secondary N) is 1. The van der Waals surface area contributed by atoms with E-state index < -0.39 is 0 Å². The second-order valence-electron chi connectivity index (χ2n) is 3.52. The number of thiophene rings is 1. The van der Waals surface area contributed by atoms with Crippen molar-refractivity contribution in [3.05, 3.63) is 28.2 Å². The molecule has 1 N–H and O–H groups in total. The van der Waals surface area contributed by atoms with E-state index >= 15 is 0 Å². The molecule has 72 valence electrons. The molecule has 0 unspecified atom stereocenters. The summed E-state index contributed by atoms with van der Waals surface area (Å²) in [5.41, 5.74) is 1.03. The molecule has 4 heteroatoms. The van der Waals surface area contributed by atoms with E-state index in [1.807, 2.05) is 23.5 Å². The van der Waals surface area contributed by atoms with E-state index in [0.717, 1.165) is 18.6 Å². The fourth-order valence-electron chi connectivity index (χ4n) is 1.61. The highest BCUT2D eigenvalue weighted by Gasteiger charge is 2.21. The second-order valence-corrected chi connectivity index (χ2v) is 5.02. The van der Waals surface area contributed by atoms with Crippen LogP contribution in [0.5, 0.6) is 0 Å². The lowest BCUT2D eigenvalue weighted by molar-refractivity contribution is 0.454. The molecular formula is C10H9ClN2S. The molecule has 0 radical (unpaired) electrons. The van der Waals surface area contributed by atoms with Gasteiger partial charge in [0.1, 0.15) is 5.15 Å². The van der Waals surface area contributed by atoms with Gasteiger partial charge in [-0.2, -0.15) is 0 Å². The van der Waals surface area contributed by atoms with E-state index in [-0.39, 0.29) is 0 Å². The molecular weight excluding hydrogens is 216 g/mol. The van der Waals surface area contributed by atoms with Crippen LogP contribution in [0.2, 0.25) is 5.15 Å². The summed E-state index contributed by atoms with van der Waals surface area (Å²) < 4.78 is 1.23. The van der Waals surface area contributed by atoms with Gasteiger partial charge in [0.2, 0.25) is 0 Å².